The number of carbonyl (C=O) groups excluding carboxylic acids is 1. The molecule has 0 saturated carbocycles. The molecule has 2 heterocycles. The van der Waals surface area contributed by atoms with Gasteiger partial charge in [-0.05, 0) is 45.3 Å². The topological polar surface area (TPSA) is 59.2 Å². The van der Waals surface area contributed by atoms with E-state index >= 15 is 0 Å². The normalized spacial score (nSPS) is 19.7. The van der Waals surface area contributed by atoms with Crippen LogP contribution in [0, 0.1) is 0 Å². The highest BCUT2D eigenvalue weighted by atomic mass is 16.1. The second kappa shape index (κ2) is 5.06. The number of ketones is 1. The largest absolute Gasteiger partial charge is 0.398 e. The van der Waals surface area contributed by atoms with E-state index in [9.17, 15) is 4.79 Å². The van der Waals surface area contributed by atoms with Crippen LogP contribution in [0.3, 0.4) is 0 Å². The van der Waals surface area contributed by atoms with Crippen molar-refractivity contribution in [1.29, 1.82) is 0 Å². The van der Waals surface area contributed by atoms with Crippen molar-refractivity contribution < 1.29 is 4.79 Å². The zero-order chi connectivity index (χ0) is 13.2. The number of Topliss-reactive ketones (excluding diaryl/α,β-unsaturated/α-hetero) is 1. The van der Waals surface area contributed by atoms with Crippen LogP contribution in [0.5, 0.6) is 0 Å². The number of anilines is 1. The lowest BCUT2D eigenvalue weighted by atomic mass is 9.87. The summed E-state index contributed by atoms with van der Waals surface area (Å²) in [6.45, 7) is 6.07. The summed E-state index contributed by atoms with van der Waals surface area (Å²) in [5.74, 6) is 0.0949. The Morgan fingerprint density at radius 3 is 2.72 bits per heavy atom. The van der Waals surface area contributed by atoms with Crippen molar-refractivity contribution in [1.82, 2.24) is 9.88 Å². The summed E-state index contributed by atoms with van der Waals surface area (Å²) in [6.07, 6.45) is 6.34. The number of hydrogen-bond acceptors (Lipinski definition) is 4. The quantitative estimate of drug-likeness (QED) is 0.828. The van der Waals surface area contributed by atoms with Crippen LogP contribution in [0.2, 0.25) is 0 Å². The Labute approximate surface area is 108 Å². The van der Waals surface area contributed by atoms with Crippen molar-refractivity contribution in [2.24, 2.45) is 0 Å². The summed E-state index contributed by atoms with van der Waals surface area (Å²) in [6, 6.07) is 1.69. The second-order valence-corrected chi connectivity index (χ2v) is 5.11. The van der Waals surface area contributed by atoms with Gasteiger partial charge in [-0.15, -0.1) is 0 Å². The van der Waals surface area contributed by atoms with Crippen molar-refractivity contribution in [2.75, 3.05) is 18.8 Å². The first-order chi connectivity index (χ1) is 8.59. The third-order valence-electron chi connectivity index (χ3n) is 4.08. The molecule has 2 N–H and O–H groups in total. The van der Waals surface area contributed by atoms with Gasteiger partial charge in [0.1, 0.15) is 0 Å². The molecular weight excluding hydrogens is 226 g/mol. The van der Waals surface area contributed by atoms with Gasteiger partial charge in [-0.2, -0.15) is 0 Å². The molecule has 1 aliphatic rings. The summed E-state index contributed by atoms with van der Waals surface area (Å²) in [7, 11) is 0. The van der Waals surface area contributed by atoms with E-state index in [1.807, 2.05) is 6.92 Å². The molecule has 0 aliphatic carbocycles. The number of carbonyl (C=O) groups is 1. The van der Waals surface area contributed by atoms with Gasteiger partial charge in [0, 0.05) is 18.1 Å². The first kappa shape index (κ1) is 13.0. The van der Waals surface area contributed by atoms with Gasteiger partial charge in [-0.25, -0.2) is 0 Å². The van der Waals surface area contributed by atoms with Gasteiger partial charge in [0.05, 0.1) is 11.1 Å². The molecule has 0 bridgehead atoms. The third kappa shape index (κ3) is 2.12. The number of nitrogen functional groups attached to an aromatic ring is 1. The smallest absolute Gasteiger partial charge is 0.186 e. The lowest BCUT2D eigenvalue weighted by molar-refractivity contribution is 0.0648. The Morgan fingerprint density at radius 1 is 1.50 bits per heavy atom. The van der Waals surface area contributed by atoms with Crippen molar-refractivity contribution >= 4 is 11.5 Å². The molecule has 1 unspecified atom stereocenters. The predicted octanol–water partition coefficient (Wildman–Crippen LogP) is 2.11. The molecule has 0 radical (unpaired) electrons. The van der Waals surface area contributed by atoms with Crippen LogP contribution < -0.4 is 5.73 Å². The maximum Gasteiger partial charge on any atom is 0.186 e. The van der Waals surface area contributed by atoms with E-state index in [0.29, 0.717) is 11.3 Å². The van der Waals surface area contributed by atoms with Crippen LogP contribution in [-0.2, 0) is 0 Å². The first-order valence-corrected chi connectivity index (χ1v) is 6.59. The van der Waals surface area contributed by atoms with Crippen LogP contribution in [0.4, 0.5) is 5.69 Å². The Kier molecular flexibility index (Phi) is 3.66. The zero-order valence-electron chi connectivity index (χ0n) is 11.1. The van der Waals surface area contributed by atoms with Crippen molar-refractivity contribution in [3.63, 3.8) is 0 Å². The van der Waals surface area contributed by atoms with E-state index in [0.717, 1.165) is 19.5 Å². The number of likely N-dealkylation sites (tertiary alicyclic amines) is 1. The van der Waals surface area contributed by atoms with Crippen LogP contribution in [0.15, 0.2) is 18.5 Å². The van der Waals surface area contributed by atoms with Gasteiger partial charge in [-0.3, -0.25) is 14.7 Å². The number of hydrogen-bond donors (Lipinski definition) is 1. The molecule has 0 spiro atoms. The number of nitrogens with zero attached hydrogens (tertiary/aromatic N) is 2. The highest BCUT2D eigenvalue weighted by molar-refractivity contribution is 6.06. The fraction of sp³-hybridized carbons (Fsp3) is 0.571. The third-order valence-corrected chi connectivity index (χ3v) is 4.08. The highest BCUT2D eigenvalue weighted by Crippen LogP contribution is 2.29. The molecule has 1 aromatic heterocycles. The molecule has 1 fully saturated rings. The number of nitrogens with two attached hydrogens (primary N) is 1. The molecule has 1 saturated heterocycles. The summed E-state index contributed by atoms with van der Waals surface area (Å²) in [5.41, 5.74) is 6.51. The van der Waals surface area contributed by atoms with Crippen LogP contribution in [0.1, 0.15) is 43.5 Å². The minimum atomic E-state index is -0.451. The lowest BCUT2D eigenvalue weighted by Crippen LogP contribution is -2.50. The SMILES string of the molecule is CCC(C)(C(=O)c1cnccc1N)N1CCCC1. The maximum absolute atomic E-state index is 12.7. The Morgan fingerprint density at radius 2 is 2.17 bits per heavy atom. The van der Waals surface area contributed by atoms with E-state index in [1.54, 1.807) is 18.5 Å². The molecule has 0 aromatic carbocycles. The van der Waals surface area contributed by atoms with Crippen LogP contribution >= 0.6 is 0 Å². The minimum absolute atomic E-state index is 0.0949. The number of rotatable bonds is 4. The summed E-state index contributed by atoms with van der Waals surface area (Å²) in [5, 5.41) is 0. The monoisotopic (exact) mass is 247 g/mol. The Hall–Kier alpha value is -1.42. The van der Waals surface area contributed by atoms with Gasteiger partial charge < -0.3 is 5.73 Å². The van der Waals surface area contributed by atoms with E-state index in [2.05, 4.69) is 16.8 Å². The fourth-order valence-corrected chi connectivity index (χ4v) is 2.62. The molecule has 1 atom stereocenters. The molecular formula is C14H21N3O. The summed E-state index contributed by atoms with van der Waals surface area (Å²) < 4.78 is 0. The molecule has 0 amide bonds. The van der Waals surface area contributed by atoms with E-state index in [1.165, 1.54) is 12.8 Å². The predicted molar refractivity (Wildman–Crippen MR) is 72.5 cm³/mol. The van der Waals surface area contributed by atoms with E-state index in [4.69, 9.17) is 5.73 Å². The average Bonchev–Trinajstić information content (AvgIpc) is 2.92. The van der Waals surface area contributed by atoms with Crippen LogP contribution in [0.25, 0.3) is 0 Å². The summed E-state index contributed by atoms with van der Waals surface area (Å²) >= 11 is 0. The maximum atomic E-state index is 12.7. The van der Waals surface area contributed by atoms with Crippen molar-refractivity contribution in [2.45, 2.75) is 38.6 Å². The molecule has 2 rings (SSSR count). The molecule has 4 heteroatoms. The molecule has 1 aromatic rings. The standard InChI is InChI=1S/C14H21N3O/c1-3-14(2,17-8-4-5-9-17)13(18)11-10-16-7-6-12(11)15/h6-7,10H,3-5,8-9H2,1-2H3,(H2,15,16). The number of pyridine rings is 1. The van der Waals surface area contributed by atoms with E-state index < -0.39 is 5.54 Å². The van der Waals surface area contributed by atoms with Gasteiger partial charge in [-0.1, -0.05) is 6.92 Å². The minimum Gasteiger partial charge on any atom is -0.398 e. The molecule has 4 nitrogen and oxygen atoms in total. The number of aromatic nitrogens is 1. The fourth-order valence-electron chi connectivity index (χ4n) is 2.62. The lowest BCUT2D eigenvalue weighted by Gasteiger charge is -2.36. The van der Waals surface area contributed by atoms with Crippen molar-refractivity contribution in [3.8, 4) is 0 Å². The second-order valence-electron chi connectivity index (χ2n) is 5.11. The first-order valence-electron chi connectivity index (χ1n) is 6.59. The van der Waals surface area contributed by atoms with Gasteiger partial charge >= 0.3 is 0 Å². The molecule has 1 aliphatic heterocycles. The Bertz CT molecular complexity index is 440. The average molecular weight is 247 g/mol. The highest BCUT2D eigenvalue weighted by Gasteiger charge is 2.39. The Balaban J connectivity index is 2.32. The van der Waals surface area contributed by atoms with E-state index in [-0.39, 0.29) is 5.78 Å². The molecule has 18 heavy (non-hydrogen) atoms. The van der Waals surface area contributed by atoms with Crippen molar-refractivity contribution in [3.05, 3.63) is 24.0 Å². The zero-order valence-corrected chi connectivity index (χ0v) is 11.1. The summed E-state index contributed by atoms with van der Waals surface area (Å²) in [4.78, 5) is 19.0. The van der Waals surface area contributed by atoms with Crippen LogP contribution in [-0.4, -0.2) is 34.3 Å². The van der Waals surface area contributed by atoms with Gasteiger partial charge in [0.25, 0.3) is 0 Å². The van der Waals surface area contributed by atoms with Gasteiger partial charge in [0.15, 0.2) is 5.78 Å². The van der Waals surface area contributed by atoms with Gasteiger partial charge in [0.2, 0.25) is 0 Å². The molecule has 98 valence electrons.